The molecule has 3 N–H and O–H groups in total. The lowest BCUT2D eigenvalue weighted by atomic mass is 10.4. The molecule has 7 nitrogen and oxygen atoms in total. The highest BCUT2D eigenvalue weighted by Gasteiger charge is 2.31. The number of hydrogen-bond donors (Lipinski definition) is 2. The van der Waals surface area contributed by atoms with Crippen LogP contribution in [0.1, 0.15) is 5.69 Å². The molecule has 0 bridgehead atoms. The molecule has 1 aliphatic heterocycles. The summed E-state index contributed by atoms with van der Waals surface area (Å²) in [4.78, 5) is 10.2. The van der Waals surface area contributed by atoms with Gasteiger partial charge < -0.3 is 5.43 Å². The number of thioether (sulfide) groups is 1. The Bertz CT molecular complexity index is 519. The third-order valence-electron chi connectivity index (χ3n) is 2.90. The second kappa shape index (κ2) is 6.04. The van der Waals surface area contributed by atoms with Crippen LogP contribution in [0.4, 0.5) is 5.82 Å². The van der Waals surface area contributed by atoms with E-state index in [-0.39, 0.29) is 0 Å². The second-order valence-corrected chi connectivity index (χ2v) is 7.72. The van der Waals surface area contributed by atoms with E-state index >= 15 is 0 Å². The molecule has 0 spiro atoms. The van der Waals surface area contributed by atoms with Gasteiger partial charge in [-0.05, 0) is 0 Å². The van der Waals surface area contributed by atoms with Gasteiger partial charge in [-0.3, -0.25) is 9.88 Å². The summed E-state index contributed by atoms with van der Waals surface area (Å²) in [6, 6.07) is 0. The van der Waals surface area contributed by atoms with Gasteiger partial charge in [-0.2, -0.15) is 11.8 Å². The van der Waals surface area contributed by atoms with Crippen molar-refractivity contribution in [3.63, 3.8) is 0 Å². The molecule has 1 atom stereocenters. The van der Waals surface area contributed by atoms with E-state index in [1.165, 1.54) is 12.5 Å². The molecule has 106 valence electrons. The van der Waals surface area contributed by atoms with Crippen molar-refractivity contribution >= 4 is 27.4 Å². The molecule has 1 aliphatic rings. The summed E-state index contributed by atoms with van der Waals surface area (Å²) in [5.74, 6) is 7.24. The number of sulfone groups is 1. The molecule has 2 rings (SSSR count). The third kappa shape index (κ3) is 3.78. The maximum Gasteiger partial charge on any atom is 0.164 e. The average Bonchev–Trinajstić information content (AvgIpc) is 2.39. The van der Waals surface area contributed by atoms with E-state index in [0.29, 0.717) is 18.1 Å². The van der Waals surface area contributed by atoms with Crippen LogP contribution in [0.5, 0.6) is 0 Å². The highest BCUT2D eigenvalue weighted by molar-refractivity contribution is 8.00. The lowest BCUT2D eigenvalue weighted by Gasteiger charge is -2.33. The van der Waals surface area contributed by atoms with Gasteiger partial charge in [-0.15, -0.1) is 0 Å². The van der Waals surface area contributed by atoms with Crippen LogP contribution >= 0.6 is 11.8 Å². The van der Waals surface area contributed by atoms with E-state index in [1.807, 2.05) is 4.90 Å². The van der Waals surface area contributed by atoms with Gasteiger partial charge in [-0.25, -0.2) is 19.2 Å². The summed E-state index contributed by atoms with van der Waals surface area (Å²) in [6.45, 7) is 1.22. The Labute approximate surface area is 116 Å². The zero-order valence-corrected chi connectivity index (χ0v) is 12.2. The molecule has 19 heavy (non-hydrogen) atoms. The van der Waals surface area contributed by atoms with Crippen LogP contribution in [0.3, 0.4) is 0 Å². The molecule has 1 saturated heterocycles. The minimum absolute atomic E-state index is 0.444. The SMILES string of the molecule is CS(=O)(=O)C1CSCCN1Cc1cnc(NN)cn1. The average molecular weight is 303 g/mol. The Kier molecular flexibility index (Phi) is 4.61. The number of hydrogen-bond acceptors (Lipinski definition) is 8. The summed E-state index contributed by atoms with van der Waals surface area (Å²) in [7, 11) is -3.08. The molecular weight excluding hydrogens is 286 g/mol. The smallest absolute Gasteiger partial charge is 0.164 e. The normalized spacial score (nSPS) is 21.3. The lowest BCUT2D eigenvalue weighted by molar-refractivity contribution is 0.259. The Hall–Kier alpha value is -0.900. The molecule has 1 unspecified atom stereocenters. The van der Waals surface area contributed by atoms with Crippen molar-refractivity contribution in [2.45, 2.75) is 11.9 Å². The van der Waals surface area contributed by atoms with Gasteiger partial charge >= 0.3 is 0 Å². The topological polar surface area (TPSA) is 101 Å². The van der Waals surface area contributed by atoms with Crippen molar-refractivity contribution in [2.24, 2.45) is 5.84 Å². The van der Waals surface area contributed by atoms with Crippen LogP contribution < -0.4 is 11.3 Å². The molecule has 1 fully saturated rings. The zero-order chi connectivity index (χ0) is 13.9. The van der Waals surface area contributed by atoms with Crippen LogP contribution in [0.25, 0.3) is 0 Å². The molecule has 0 saturated carbocycles. The fourth-order valence-corrected chi connectivity index (χ4v) is 4.85. The summed E-state index contributed by atoms with van der Waals surface area (Å²) in [5.41, 5.74) is 3.14. The first kappa shape index (κ1) is 14.5. The summed E-state index contributed by atoms with van der Waals surface area (Å²) < 4.78 is 23.5. The van der Waals surface area contributed by atoms with Crippen LogP contribution in [0.2, 0.25) is 0 Å². The van der Waals surface area contributed by atoms with Crippen LogP contribution in [-0.2, 0) is 16.4 Å². The van der Waals surface area contributed by atoms with E-state index in [0.717, 1.165) is 18.0 Å². The summed E-state index contributed by atoms with van der Waals surface area (Å²) in [5, 5.41) is -0.444. The second-order valence-electron chi connectivity index (χ2n) is 4.37. The number of rotatable bonds is 4. The van der Waals surface area contributed by atoms with Crippen molar-refractivity contribution in [3.8, 4) is 0 Å². The van der Waals surface area contributed by atoms with Crippen molar-refractivity contribution < 1.29 is 8.42 Å². The Morgan fingerprint density at radius 3 is 2.89 bits per heavy atom. The fraction of sp³-hybridized carbons (Fsp3) is 0.600. The monoisotopic (exact) mass is 303 g/mol. The molecule has 0 aromatic carbocycles. The minimum Gasteiger partial charge on any atom is -0.307 e. The number of hydrazine groups is 1. The highest BCUT2D eigenvalue weighted by atomic mass is 32.2. The van der Waals surface area contributed by atoms with Gasteiger partial charge in [0.25, 0.3) is 0 Å². The number of nitrogens with one attached hydrogen (secondary N) is 1. The minimum atomic E-state index is -3.08. The van der Waals surface area contributed by atoms with Crippen LogP contribution in [-0.4, -0.2) is 53.0 Å². The number of anilines is 1. The zero-order valence-electron chi connectivity index (χ0n) is 10.6. The maximum atomic E-state index is 11.8. The van der Waals surface area contributed by atoms with Crippen LogP contribution in [0.15, 0.2) is 12.4 Å². The predicted molar refractivity (Wildman–Crippen MR) is 76.2 cm³/mol. The lowest BCUT2D eigenvalue weighted by Crippen LogP contribution is -2.46. The van der Waals surface area contributed by atoms with E-state index in [1.54, 1.807) is 18.0 Å². The quantitative estimate of drug-likeness (QED) is 0.576. The molecule has 0 radical (unpaired) electrons. The molecular formula is C10H17N5O2S2. The van der Waals surface area contributed by atoms with Gasteiger partial charge in [-0.1, -0.05) is 0 Å². The number of nitrogen functional groups attached to an aromatic ring is 1. The van der Waals surface area contributed by atoms with Crippen molar-refractivity contribution in [2.75, 3.05) is 29.7 Å². The van der Waals surface area contributed by atoms with Gasteiger partial charge in [0.2, 0.25) is 0 Å². The highest BCUT2D eigenvalue weighted by Crippen LogP contribution is 2.21. The summed E-state index contributed by atoms with van der Waals surface area (Å²) in [6.07, 6.45) is 4.42. The maximum absolute atomic E-state index is 11.8. The Morgan fingerprint density at radius 1 is 1.53 bits per heavy atom. The Morgan fingerprint density at radius 2 is 2.32 bits per heavy atom. The molecule has 0 amide bonds. The van der Waals surface area contributed by atoms with Gasteiger partial charge in [0.15, 0.2) is 15.7 Å². The van der Waals surface area contributed by atoms with Crippen molar-refractivity contribution in [1.82, 2.24) is 14.9 Å². The standard InChI is InChI=1S/C10H17N5O2S2/c1-19(16,17)10-7-18-3-2-15(10)6-8-4-13-9(14-11)5-12-8/h4-5,10H,2-3,6-7,11H2,1H3,(H,13,14). The number of aromatic nitrogens is 2. The van der Waals surface area contributed by atoms with E-state index in [2.05, 4.69) is 15.4 Å². The van der Waals surface area contributed by atoms with Gasteiger partial charge in [0.1, 0.15) is 5.37 Å². The first-order chi connectivity index (χ1) is 9.00. The fourth-order valence-electron chi connectivity index (χ4n) is 1.91. The molecule has 9 heteroatoms. The Balaban J connectivity index is 2.10. The summed E-state index contributed by atoms with van der Waals surface area (Å²) >= 11 is 1.67. The first-order valence-corrected chi connectivity index (χ1v) is 8.90. The predicted octanol–water partition coefficient (Wildman–Crippen LogP) is -0.318. The number of nitrogens with zero attached hydrogens (tertiary/aromatic N) is 3. The van der Waals surface area contributed by atoms with E-state index in [4.69, 9.17) is 5.84 Å². The molecule has 1 aromatic heterocycles. The van der Waals surface area contributed by atoms with Crippen molar-refractivity contribution in [1.29, 1.82) is 0 Å². The van der Waals surface area contributed by atoms with Gasteiger partial charge in [0, 0.05) is 30.9 Å². The molecule has 2 heterocycles. The molecule has 1 aromatic rings. The van der Waals surface area contributed by atoms with E-state index in [9.17, 15) is 8.42 Å². The van der Waals surface area contributed by atoms with Crippen molar-refractivity contribution in [3.05, 3.63) is 18.1 Å². The largest absolute Gasteiger partial charge is 0.307 e. The third-order valence-corrected chi connectivity index (χ3v) is 5.59. The van der Waals surface area contributed by atoms with Crippen LogP contribution in [0, 0.1) is 0 Å². The van der Waals surface area contributed by atoms with Gasteiger partial charge in [0.05, 0.1) is 18.1 Å². The number of nitrogens with two attached hydrogens (primary N) is 1. The first-order valence-electron chi connectivity index (χ1n) is 5.79. The van der Waals surface area contributed by atoms with E-state index < -0.39 is 15.2 Å². The molecule has 0 aliphatic carbocycles.